The summed E-state index contributed by atoms with van der Waals surface area (Å²) in [6.45, 7) is 3.70. The fraction of sp³-hybridized carbons (Fsp3) is 0.154. The van der Waals surface area contributed by atoms with Gasteiger partial charge in [0.1, 0.15) is 0 Å². The van der Waals surface area contributed by atoms with Crippen molar-refractivity contribution in [1.29, 1.82) is 0 Å². The Hall–Kier alpha value is -1.21. The molecular weight excluding hydrogens is 377 g/mol. The van der Waals surface area contributed by atoms with Gasteiger partial charge in [-0.15, -0.1) is 0 Å². The molecule has 0 unspecified atom stereocenters. The van der Waals surface area contributed by atoms with E-state index in [9.17, 15) is 4.79 Å². The molecule has 0 aliphatic rings. The molecule has 1 N–H and O–H groups in total. The number of hydrogen-bond acceptors (Lipinski definition) is 3. The minimum absolute atomic E-state index is 0.289. The van der Waals surface area contributed by atoms with E-state index in [1.165, 1.54) is 0 Å². The second kappa shape index (κ2) is 5.83. The maximum Gasteiger partial charge on any atom is 0.259 e. The molecule has 0 spiro atoms. The zero-order chi connectivity index (χ0) is 14.0. The van der Waals surface area contributed by atoms with Crippen LogP contribution in [0.5, 0.6) is 0 Å². The van der Waals surface area contributed by atoms with Crippen molar-refractivity contribution in [2.24, 2.45) is 0 Å². The van der Waals surface area contributed by atoms with E-state index < -0.39 is 0 Å². The van der Waals surface area contributed by atoms with Crippen LogP contribution < -0.4 is 5.32 Å². The number of aryl methyl sites for hydroxylation is 2. The molecule has 0 fully saturated rings. The minimum Gasteiger partial charge on any atom is -0.290 e. The molecule has 0 radical (unpaired) electrons. The summed E-state index contributed by atoms with van der Waals surface area (Å²) in [6, 6.07) is 7.10. The van der Waals surface area contributed by atoms with Gasteiger partial charge in [-0.1, -0.05) is 11.6 Å². The first-order chi connectivity index (χ1) is 8.95. The van der Waals surface area contributed by atoms with Crippen LogP contribution in [0.15, 0.2) is 24.3 Å². The third kappa shape index (κ3) is 3.63. The smallest absolute Gasteiger partial charge is 0.259 e. The molecule has 2 rings (SSSR count). The predicted octanol–water partition coefficient (Wildman–Crippen LogP) is 3.60. The molecule has 4 nitrogen and oxygen atoms in total. The standard InChI is InChI=1S/C13H11ClIN3O/c1-7-5-8(2)17-13(16-7)18-12(19)10-6-9(15)3-4-11(10)14/h3-6H,1-2H3,(H,16,17,18,19). The summed E-state index contributed by atoms with van der Waals surface area (Å²) >= 11 is 8.14. The van der Waals surface area contributed by atoms with Crippen LogP contribution in [0, 0.1) is 17.4 Å². The summed E-state index contributed by atoms with van der Waals surface area (Å²) in [5.74, 6) is -0.0223. The Morgan fingerprint density at radius 1 is 1.21 bits per heavy atom. The SMILES string of the molecule is Cc1cc(C)nc(NC(=O)c2cc(I)ccc2Cl)n1. The fourth-order valence-corrected chi connectivity index (χ4v) is 2.32. The quantitative estimate of drug-likeness (QED) is 0.801. The van der Waals surface area contributed by atoms with Crippen LogP contribution in [-0.2, 0) is 0 Å². The number of hydrogen-bond donors (Lipinski definition) is 1. The fourth-order valence-electron chi connectivity index (χ4n) is 1.62. The molecular formula is C13H11ClIN3O. The Morgan fingerprint density at radius 2 is 1.84 bits per heavy atom. The van der Waals surface area contributed by atoms with Crippen LogP contribution >= 0.6 is 34.2 Å². The van der Waals surface area contributed by atoms with Gasteiger partial charge in [0.25, 0.3) is 5.91 Å². The van der Waals surface area contributed by atoms with Crippen molar-refractivity contribution in [3.05, 3.63) is 49.8 Å². The second-order valence-electron chi connectivity index (χ2n) is 4.05. The summed E-state index contributed by atoms with van der Waals surface area (Å²) in [5.41, 5.74) is 2.02. The van der Waals surface area contributed by atoms with Crippen LogP contribution in [0.25, 0.3) is 0 Å². The third-order valence-corrected chi connectivity index (χ3v) is 3.38. The third-order valence-electron chi connectivity index (χ3n) is 2.38. The maximum atomic E-state index is 12.1. The van der Waals surface area contributed by atoms with E-state index in [1.807, 2.05) is 26.0 Å². The minimum atomic E-state index is -0.312. The highest BCUT2D eigenvalue weighted by Gasteiger charge is 2.12. The molecule has 1 amide bonds. The van der Waals surface area contributed by atoms with E-state index in [2.05, 4.69) is 37.9 Å². The molecule has 1 aromatic heterocycles. The Balaban J connectivity index is 2.28. The van der Waals surface area contributed by atoms with E-state index in [1.54, 1.807) is 12.1 Å². The number of nitrogens with zero attached hydrogens (tertiary/aromatic N) is 2. The molecule has 98 valence electrons. The monoisotopic (exact) mass is 387 g/mol. The molecule has 1 heterocycles. The zero-order valence-electron chi connectivity index (χ0n) is 10.4. The molecule has 0 aliphatic heterocycles. The Morgan fingerprint density at radius 3 is 2.47 bits per heavy atom. The van der Waals surface area contributed by atoms with E-state index in [4.69, 9.17) is 11.6 Å². The first kappa shape index (κ1) is 14.2. The number of amides is 1. The van der Waals surface area contributed by atoms with Gasteiger partial charge < -0.3 is 0 Å². The molecule has 1 aromatic carbocycles. The van der Waals surface area contributed by atoms with E-state index in [0.29, 0.717) is 10.6 Å². The van der Waals surface area contributed by atoms with E-state index in [0.717, 1.165) is 15.0 Å². The Bertz CT molecular complexity index is 626. The lowest BCUT2D eigenvalue weighted by Gasteiger charge is -2.07. The molecule has 0 aliphatic carbocycles. The first-order valence-corrected chi connectivity index (χ1v) is 7.00. The highest BCUT2D eigenvalue weighted by molar-refractivity contribution is 14.1. The number of carbonyl (C=O) groups excluding carboxylic acids is 1. The molecule has 0 saturated carbocycles. The highest BCUT2D eigenvalue weighted by Crippen LogP contribution is 2.19. The van der Waals surface area contributed by atoms with Gasteiger partial charge in [0.2, 0.25) is 5.95 Å². The Kier molecular flexibility index (Phi) is 4.36. The molecule has 0 saturated heterocycles. The van der Waals surface area contributed by atoms with Crippen LogP contribution in [-0.4, -0.2) is 15.9 Å². The van der Waals surface area contributed by atoms with E-state index in [-0.39, 0.29) is 11.9 Å². The molecule has 0 bridgehead atoms. The van der Waals surface area contributed by atoms with E-state index >= 15 is 0 Å². The van der Waals surface area contributed by atoms with Crippen molar-refractivity contribution in [3.8, 4) is 0 Å². The van der Waals surface area contributed by atoms with Gasteiger partial charge in [-0.05, 0) is 60.7 Å². The summed E-state index contributed by atoms with van der Waals surface area (Å²) in [4.78, 5) is 20.5. The summed E-state index contributed by atoms with van der Waals surface area (Å²) in [5, 5.41) is 3.06. The lowest BCUT2D eigenvalue weighted by molar-refractivity contribution is 0.102. The molecule has 0 atom stereocenters. The number of aromatic nitrogens is 2. The number of rotatable bonds is 2. The average Bonchev–Trinajstić information content (AvgIpc) is 2.30. The lowest BCUT2D eigenvalue weighted by Crippen LogP contribution is -2.15. The number of benzene rings is 1. The molecule has 19 heavy (non-hydrogen) atoms. The van der Waals surface area contributed by atoms with Crippen LogP contribution in [0.3, 0.4) is 0 Å². The van der Waals surface area contributed by atoms with Crippen molar-refractivity contribution in [2.45, 2.75) is 13.8 Å². The number of anilines is 1. The van der Waals surface area contributed by atoms with Gasteiger partial charge in [-0.3, -0.25) is 10.1 Å². The summed E-state index contributed by atoms with van der Waals surface area (Å²) in [7, 11) is 0. The summed E-state index contributed by atoms with van der Waals surface area (Å²) < 4.78 is 0.938. The second-order valence-corrected chi connectivity index (χ2v) is 5.71. The zero-order valence-corrected chi connectivity index (χ0v) is 13.3. The van der Waals surface area contributed by atoms with Crippen LogP contribution in [0.4, 0.5) is 5.95 Å². The lowest BCUT2D eigenvalue weighted by atomic mass is 10.2. The van der Waals surface area contributed by atoms with Gasteiger partial charge in [-0.2, -0.15) is 0 Å². The number of carbonyl (C=O) groups is 1. The first-order valence-electron chi connectivity index (χ1n) is 5.54. The van der Waals surface area contributed by atoms with Crippen molar-refractivity contribution in [3.63, 3.8) is 0 Å². The van der Waals surface area contributed by atoms with Crippen molar-refractivity contribution in [1.82, 2.24) is 9.97 Å². The Labute approximate surface area is 129 Å². The largest absolute Gasteiger partial charge is 0.290 e. The molecule has 6 heteroatoms. The van der Waals surface area contributed by atoms with Gasteiger partial charge >= 0.3 is 0 Å². The van der Waals surface area contributed by atoms with Gasteiger partial charge in [0.05, 0.1) is 10.6 Å². The number of nitrogens with one attached hydrogen (secondary N) is 1. The average molecular weight is 388 g/mol. The van der Waals surface area contributed by atoms with Gasteiger partial charge in [0, 0.05) is 15.0 Å². The van der Waals surface area contributed by atoms with Crippen molar-refractivity contribution < 1.29 is 4.79 Å². The van der Waals surface area contributed by atoms with Crippen molar-refractivity contribution in [2.75, 3.05) is 5.32 Å². The number of halogens is 2. The van der Waals surface area contributed by atoms with Gasteiger partial charge in [0.15, 0.2) is 0 Å². The maximum absolute atomic E-state index is 12.1. The van der Waals surface area contributed by atoms with Crippen LogP contribution in [0.1, 0.15) is 21.7 Å². The molecule has 2 aromatic rings. The normalized spacial score (nSPS) is 10.3. The predicted molar refractivity (Wildman–Crippen MR) is 83.6 cm³/mol. The highest BCUT2D eigenvalue weighted by atomic mass is 127. The van der Waals surface area contributed by atoms with Gasteiger partial charge in [-0.25, -0.2) is 9.97 Å². The van der Waals surface area contributed by atoms with Crippen LogP contribution in [0.2, 0.25) is 5.02 Å². The summed E-state index contributed by atoms with van der Waals surface area (Å²) in [6.07, 6.45) is 0. The van der Waals surface area contributed by atoms with Crippen molar-refractivity contribution >= 4 is 46.0 Å². The topological polar surface area (TPSA) is 54.9 Å².